The summed E-state index contributed by atoms with van der Waals surface area (Å²) in [5, 5.41) is 10.2. The molecular formula is C27H39N3O. The summed E-state index contributed by atoms with van der Waals surface area (Å²) < 4.78 is 0. The number of nitrogens with zero attached hydrogens (tertiary/aromatic N) is 3. The van der Waals surface area contributed by atoms with Crippen molar-refractivity contribution in [3.8, 4) is 5.75 Å². The predicted octanol–water partition coefficient (Wildman–Crippen LogP) is 5.45. The predicted molar refractivity (Wildman–Crippen MR) is 127 cm³/mol. The Morgan fingerprint density at radius 2 is 1.74 bits per heavy atom. The quantitative estimate of drug-likeness (QED) is 0.645. The Bertz CT molecular complexity index is 809. The average Bonchev–Trinajstić information content (AvgIpc) is 2.79. The molecule has 1 saturated carbocycles. The van der Waals surface area contributed by atoms with E-state index in [2.05, 4.69) is 33.0 Å². The number of piperidine rings is 1. The minimum Gasteiger partial charge on any atom is -0.507 e. The normalized spacial score (nSPS) is 20.9. The minimum absolute atomic E-state index is 0.429. The van der Waals surface area contributed by atoms with Crippen LogP contribution in [-0.2, 0) is 13.1 Å². The fraction of sp³-hybridized carbons (Fsp3) is 0.593. The van der Waals surface area contributed by atoms with Gasteiger partial charge in [0.25, 0.3) is 0 Å². The molecule has 4 rings (SSSR count). The monoisotopic (exact) mass is 421 g/mol. The molecule has 1 saturated heterocycles. The lowest BCUT2D eigenvalue weighted by atomic mass is 9.90. The molecule has 0 unspecified atom stereocenters. The average molecular weight is 422 g/mol. The molecule has 0 bridgehead atoms. The Hall–Kier alpha value is -1.91. The van der Waals surface area contributed by atoms with Crippen molar-refractivity contribution in [1.29, 1.82) is 0 Å². The van der Waals surface area contributed by atoms with Crippen LogP contribution in [0.15, 0.2) is 36.7 Å². The molecule has 2 aromatic rings. The van der Waals surface area contributed by atoms with Crippen molar-refractivity contribution in [1.82, 2.24) is 14.8 Å². The minimum atomic E-state index is 0.429. The number of rotatable bonds is 7. The van der Waals surface area contributed by atoms with Crippen molar-refractivity contribution in [2.45, 2.75) is 77.9 Å². The molecule has 4 nitrogen and oxygen atoms in total. The fourth-order valence-electron chi connectivity index (χ4n) is 5.72. The van der Waals surface area contributed by atoms with E-state index >= 15 is 0 Å². The molecule has 4 heteroatoms. The van der Waals surface area contributed by atoms with Gasteiger partial charge >= 0.3 is 0 Å². The van der Waals surface area contributed by atoms with Crippen LogP contribution in [-0.4, -0.2) is 45.6 Å². The lowest BCUT2D eigenvalue weighted by Crippen LogP contribution is -2.46. The smallest absolute Gasteiger partial charge is 0.121 e. The Morgan fingerprint density at radius 1 is 1.00 bits per heavy atom. The highest BCUT2D eigenvalue weighted by molar-refractivity contribution is 5.42. The Balaban J connectivity index is 1.46. The van der Waals surface area contributed by atoms with Crippen LogP contribution in [0, 0.1) is 19.8 Å². The number of benzene rings is 1. The molecule has 2 aliphatic rings. The lowest BCUT2D eigenvalue weighted by Gasteiger charge is -2.41. The third-order valence-corrected chi connectivity index (χ3v) is 7.24. The van der Waals surface area contributed by atoms with Gasteiger partial charge in [-0.25, -0.2) is 0 Å². The number of pyridine rings is 1. The van der Waals surface area contributed by atoms with E-state index < -0.39 is 0 Å². The second kappa shape index (κ2) is 10.6. The lowest BCUT2D eigenvalue weighted by molar-refractivity contribution is 0.0771. The van der Waals surface area contributed by atoms with Crippen molar-refractivity contribution in [2.75, 3.05) is 19.6 Å². The van der Waals surface area contributed by atoms with Crippen LogP contribution in [0.1, 0.15) is 67.2 Å². The van der Waals surface area contributed by atoms with Crippen LogP contribution in [0.5, 0.6) is 5.75 Å². The number of phenols is 1. The van der Waals surface area contributed by atoms with E-state index in [4.69, 9.17) is 0 Å². The van der Waals surface area contributed by atoms with Crippen molar-refractivity contribution in [2.24, 2.45) is 5.92 Å². The molecule has 0 radical (unpaired) electrons. The van der Waals surface area contributed by atoms with E-state index in [1.165, 1.54) is 69.2 Å². The number of aryl methyl sites for hydroxylation is 2. The van der Waals surface area contributed by atoms with Crippen LogP contribution < -0.4 is 0 Å². The van der Waals surface area contributed by atoms with E-state index in [-0.39, 0.29) is 0 Å². The first-order valence-electron chi connectivity index (χ1n) is 12.2. The number of likely N-dealkylation sites (tertiary alicyclic amines) is 1. The molecule has 1 aliphatic carbocycles. The number of hydrogen-bond donors (Lipinski definition) is 1. The summed E-state index contributed by atoms with van der Waals surface area (Å²) in [6.45, 7) is 9.50. The maximum atomic E-state index is 10.2. The van der Waals surface area contributed by atoms with Gasteiger partial charge in [0.15, 0.2) is 0 Å². The summed E-state index contributed by atoms with van der Waals surface area (Å²) in [7, 11) is 0. The van der Waals surface area contributed by atoms with Crippen molar-refractivity contribution in [3.05, 3.63) is 58.9 Å². The summed E-state index contributed by atoms with van der Waals surface area (Å²) >= 11 is 0. The van der Waals surface area contributed by atoms with Gasteiger partial charge in [-0.15, -0.1) is 0 Å². The van der Waals surface area contributed by atoms with Crippen LogP contribution >= 0.6 is 0 Å². The van der Waals surface area contributed by atoms with Gasteiger partial charge in [-0.1, -0.05) is 37.5 Å². The van der Waals surface area contributed by atoms with Gasteiger partial charge in [-0.2, -0.15) is 0 Å². The third-order valence-electron chi connectivity index (χ3n) is 7.24. The third kappa shape index (κ3) is 6.08. The number of phenolic OH excluding ortho intramolecular Hbond substituents is 1. The number of hydrogen-bond acceptors (Lipinski definition) is 4. The first-order chi connectivity index (χ1) is 15.1. The molecule has 2 fully saturated rings. The van der Waals surface area contributed by atoms with Gasteiger partial charge < -0.3 is 10.0 Å². The number of aromatic hydroxyl groups is 1. The Morgan fingerprint density at radius 3 is 2.45 bits per heavy atom. The van der Waals surface area contributed by atoms with E-state index in [9.17, 15) is 5.11 Å². The number of aromatic nitrogens is 1. The topological polar surface area (TPSA) is 39.6 Å². The molecule has 0 amide bonds. The Kier molecular flexibility index (Phi) is 7.62. The van der Waals surface area contributed by atoms with Crippen molar-refractivity contribution < 1.29 is 5.11 Å². The molecule has 1 atom stereocenters. The molecular weight excluding hydrogens is 382 g/mol. The maximum absolute atomic E-state index is 10.2. The molecule has 1 N–H and O–H groups in total. The van der Waals surface area contributed by atoms with Crippen molar-refractivity contribution in [3.63, 3.8) is 0 Å². The molecule has 1 aromatic heterocycles. The molecule has 1 aliphatic heterocycles. The SMILES string of the molecule is Cc1cc(CN(Cc2cccnc2)C[C@H]2CCCN(C3CCCCC3)C2)cc(C)c1O. The van der Waals surface area contributed by atoms with Crippen molar-refractivity contribution >= 4 is 0 Å². The molecule has 0 spiro atoms. The van der Waals surface area contributed by atoms with Gasteiger partial charge in [0.2, 0.25) is 0 Å². The van der Waals surface area contributed by atoms with Gasteiger partial charge in [0.1, 0.15) is 5.75 Å². The highest BCUT2D eigenvalue weighted by Gasteiger charge is 2.28. The molecule has 2 heterocycles. The van der Waals surface area contributed by atoms with Gasteiger partial charge in [0.05, 0.1) is 0 Å². The maximum Gasteiger partial charge on any atom is 0.121 e. The molecule has 168 valence electrons. The zero-order chi connectivity index (χ0) is 21.6. The summed E-state index contributed by atoms with van der Waals surface area (Å²) in [4.78, 5) is 9.74. The van der Waals surface area contributed by atoms with Gasteiger partial charge in [-0.05, 0) is 80.3 Å². The van der Waals surface area contributed by atoms with E-state index in [0.717, 1.165) is 42.7 Å². The zero-order valence-corrected chi connectivity index (χ0v) is 19.4. The second-order valence-electron chi connectivity index (χ2n) is 9.90. The van der Waals surface area contributed by atoms with Crippen LogP contribution in [0.4, 0.5) is 0 Å². The van der Waals surface area contributed by atoms with Crippen LogP contribution in [0.25, 0.3) is 0 Å². The fourth-order valence-corrected chi connectivity index (χ4v) is 5.72. The Labute approximate surface area is 188 Å². The highest BCUT2D eigenvalue weighted by Crippen LogP contribution is 2.29. The highest BCUT2D eigenvalue weighted by atomic mass is 16.3. The first kappa shape index (κ1) is 22.3. The molecule has 31 heavy (non-hydrogen) atoms. The standard InChI is InChI=1S/C27H39N3O/c1-21-14-25(15-22(2)27(21)31)19-29(17-23-8-6-12-28-16-23)18-24-9-7-13-30(20-24)26-10-4-3-5-11-26/h6,8,12,14-16,24,26,31H,3-5,7,9-11,13,17-20H2,1-2H3/t24-/m1/s1. The van der Waals surface area contributed by atoms with Gasteiger partial charge in [0, 0.05) is 44.6 Å². The van der Waals surface area contributed by atoms with E-state index in [1.807, 2.05) is 32.3 Å². The van der Waals surface area contributed by atoms with Crippen LogP contribution in [0.3, 0.4) is 0 Å². The molecule has 1 aromatic carbocycles. The summed E-state index contributed by atoms with van der Waals surface area (Å²) in [5.41, 5.74) is 4.50. The summed E-state index contributed by atoms with van der Waals surface area (Å²) in [5.74, 6) is 1.16. The van der Waals surface area contributed by atoms with E-state index in [1.54, 1.807) is 0 Å². The van der Waals surface area contributed by atoms with Crippen LogP contribution in [0.2, 0.25) is 0 Å². The van der Waals surface area contributed by atoms with E-state index in [0.29, 0.717) is 5.75 Å². The summed E-state index contributed by atoms with van der Waals surface area (Å²) in [6, 6.07) is 9.34. The second-order valence-corrected chi connectivity index (χ2v) is 9.90. The zero-order valence-electron chi connectivity index (χ0n) is 19.4. The van der Waals surface area contributed by atoms with Gasteiger partial charge in [-0.3, -0.25) is 9.88 Å². The largest absolute Gasteiger partial charge is 0.507 e. The summed E-state index contributed by atoms with van der Waals surface area (Å²) in [6.07, 6.45) is 13.6. The first-order valence-corrected chi connectivity index (χ1v) is 12.2.